The van der Waals surface area contributed by atoms with Gasteiger partial charge in [0.05, 0.1) is 6.33 Å². The van der Waals surface area contributed by atoms with Gasteiger partial charge in [0.25, 0.3) is 0 Å². The van der Waals surface area contributed by atoms with Crippen molar-refractivity contribution >= 4 is 39.9 Å². The Kier molecular flexibility index (Phi) is 3.05. The summed E-state index contributed by atoms with van der Waals surface area (Å²) >= 11 is 0.961. The van der Waals surface area contributed by atoms with E-state index in [0.29, 0.717) is 16.2 Å². The fourth-order valence-corrected chi connectivity index (χ4v) is 1.89. The fraction of sp³-hybridized carbons (Fsp3) is 0.222. The number of nitrogens with zero attached hydrogens (tertiary/aromatic N) is 3. The molecule has 2 aromatic rings. The first kappa shape index (κ1) is 11.5. The van der Waals surface area contributed by atoms with Gasteiger partial charge in [0.15, 0.2) is 10.8 Å². The monoisotopic (exact) mass is 251 g/mol. The van der Waals surface area contributed by atoms with Gasteiger partial charge in [-0.15, -0.1) is 0 Å². The highest BCUT2D eigenvalue weighted by molar-refractivity contribution is 8.13. The van der Waals surface area contributed by atoms with E-state index in [9.17, 15) is 9.59 Å². The Morgan fingerprint density at radius 2 is 2.12 bits per heavy atom. The molecule has 17 heavy (non-hydrogen) atoms. The van der Waals surface area contributed by atoms with Crippen molar-refractivity contribution in [2.75, 3.05) is 5.32 Å². The minimum absolute atomic E-state index is 0.103. The number of aromatic nitrogens is 4. The molecule has 0 atom stereocenters. The number of hydrogen-bond donors (Lipinski definition) is 2. The van der Waals surface area contributed by atoms with Crippen molar-refractivity contribution in [3.63, 3.8) is 0 Å². The molecule has 1 amide bonds. The summed E-state index contributed by atoms with van der Waals surface area (Å²) in [6.07, 6.45) is 1.46. The van der Waals surface area contributed by atoms with E-state index in [1.54, 1.807) is 0 Å². The molecule has 0 saturated carbocycles. The smallest absolute Gasteiger partial charge is 0.232 e. The second kappa shape index (κ2) is 4.50. The Morgan fingerprint density at radius 3 is 2.76 bits per heavy atom. The van der Waals surface area contributed by atoms with E-state index >= 15 is 0 Å². The lowest BCUT2D eigenvalue weighted by atomic mass is 10.5. The van der Waals surface area contributed by atoms with Gasteiger partial charge in [0, 0.05) is 13.8 Å². The van der Waals surface area contributed by atoms with Crippen LogP contribution < -0.4 is 5.32 Å². The number of nitrogens with one attached hydrogen (secondary N) is 2. The molecule has 0 unspecified atom stereocenters. The molecule has 7 nitrogen and oxygen atoms in total. The van der Waals surface area contributed by atoms with Crippen LogP contribution in [0.25, 0.3) is 11.2 Å². The molecule has 2 N–H and O–H groups in total. The van der Waals surface area contributed by atoms with Crippen LogP contribution in [0, 0.1) is 0 Å². The van der Waals surface area contributed by atoms with Crippen LogP contribution in [0.15, 0.2) is 11.4 Å². The Hall–Kier alpha value is -1.96. The van der Waals surface area contributed by atoms with E-state index in [1.807, 2.05) is 0 Å². The van der Waals surface area contributed by atoms with Gasteiger partial charge < -0.3 is 4.98 Å². The summed E-state index contributed by atoms with van der Waals surface area (Å²) in [5, 5.41) is 2.81. The van der Waals surface area contributed by atoms with Crippen LogP contribution >= 0.6 is 11.8 Å². The Labute approximate surface area is 100 Å². The van der Waals surface area contributed by atoms with E-state index < -0.39 is 0 Å². The van der Waals surface area contributed by atoms with Crippen LogP contribution in [0.5, 0.6) is 0 Å². The fourth-order valence-electron chi connectivity index (χ4n) is 1.23. The summed E-state index contributed by atoms with van der Waals surface area (Å²) in [7, 11) is 0. The molecule has 2 aromatic heterocycles. The standard InChI is InChI=1S/C9H9N5O2S/c1-4(15)12-9-13-7-6(10-3-11-7)8(14-9)17-5(2)16/h3H,1-2H3,(H2,10,11,12,13,14,15). The number of fused-ring (bicyclic) bond motifs is 1. The number of aromatic amines is 1. The summed E-state index contributed by atoms with van der Waals surface area (Å²) in [4.78, 5) is 37.0. The lowest BCUT2D eigenvalue weighted by Crippen LogP contribution is -2.10. The molecule has 0 saturated heterocycles. The summed E-state index contributed by atoms with van der Waals surface area (Å²) < 4.78 is 0. The molecule has 0 spiro atoms. The predicted octanol–water partition coefficient (Wildman–Crippen LogP) is 0.950. The van der Waals surface area contributed by atoms with Crippen molar-refractivity contribution in [1.82, 2.24) is 19.9 Å². The number of H-pyrrole nitrogens is 1. The number of carbonyl (C=O) groups is 2. The summed E-state index contributed by atoms with van der Waals surface area (Å²) in [6, 6.07) is 0. The molecular weight excluding hydrogens is 242 g/mol. The van der Waals surface area contributed by atoms with Gasteiger partial charge in [-0.1, -0.05) is 0 Å². The second-order valence-electron chi connectivity index (χ2n) is 3.23. The van der Waals surface area contributed by atoms with Crippen molar-refractivity contribution in [3.05, 3.63) is 6.33 Å². The minimum Gasteiger partial charge on any atom is -0.341 e. The van der Waals surface area contributed by atoms with Crippen LogP contribution in [0.4, 0.5) is 5.95 Å². The molecule has 2 heterocycles. The third kappa shape index (κ3) is 2.59. The number of anilines is 1. The van der Waals surface area contributed by atoms with Gasteiger partial charge >= 0.3 is 0 Å². The van der Waals surface area contributed by atoms with E-state index in [2.05, 4.69) is 25.3 Å². The lowest BCUT2D eigenvalue weighted by Gasteiger charge is -2.03. The molecule has 0 aliphatic carbocycles. The third-order valence-corrected chi connectivity index (χ3v) is 2.56. The van der Waals surface area contributed by atoms with Crippen molar-refractivity contribution in [2.24, 2.45) is 0 Å². The zero-order chi connectivity index (χ0) is 12.4. The number of thioether (sulfide) groups is 1. The zero-order valence-electron chi connectivity index (χ0n) is 9.14. The number of carbonyl (C=O) groups excluding carboxylic acids is 2. The Morgan fingerprint density at radius 1 is 1.35 bits per heavy atom. The van der Waals surface area contributed by atoms with Crippen LogP contribution in [0.2, 0.25) is 0 Å². The van der Waals surface area contributed by atoms with Crippen LogP contribution in [-0.2, 0) is 9.59 Å². The Balaban J connectivity index is 2.50. The number of hydrogen-bond acceptors (Lipinski definition) is 6. The predicted molar refractivity (Wildman–Crippen MR) is 62.5 cm³/mol. The highest BCUT2D eigenvalue weighted by atomic mass is 32.2. The van der Waals surface area contributed by atoms with Gasteiger partial charge in [0.1, 0.15) is 10.5 Å². The van der Waals surface area contributed by atoms with Crippen LogP contribution in [0.3, 0.4) is 0 Å². The van der Waals surface area contributed by atoms with Gasteiger partial charge in [0.2, 0.25) is 11.9 Å². The van der Waals surface area contributed by atoms with Gasteiger partial charge in [-0.05, 0) is 11.8 Å². The third-order valence-electron chi connectivity index (χ3n) is 1.78. The summed E-state index contributed by atoms with van der Waals surface area (Å²) in [5.41, 5.74) is 0.992. The summed E-state index contributed by atoms with van der Waals surface area (Å²) in [6.45, 7) is 2.79. The van der Waals surface area contributed by atoms with E-state index in [4.69, 9.17) is 0 Å². The maximum atomic E-state index is 11.1. The molecule has 88 valence electrons. The van der Waals surface area contributed by atoms with E-state index in [1.165, 1.54) is 20.2 Å². The SMILES string of the molecule is CC(=O)Nc1nc(SC(C)=O)c2[nH]cnc2n1. The molecule has 0 radical (unpaired) electrons. The van der Waals surface area contributed by atoms with E-state index in [-0.39, 0.29) is 17.0 Å². The van der Waals surface area contributed by atoms with Crippen molar-refractivity contribution in [1.29, 1.82) is 0 Å². The number of amides is 1. The topological polar surface area (TPSA) is 101 Å². The molecule has 0 fully saturated rings. The summed E-state index contributed by atoms with van der Waals surface area (Å²) in [5.74, 6) is -0.139. The number of imidazole rings is 1. The molecule has 0 aliphatic heterocycles. The largest absolute Gasteiger partial charge is 0.341 e. The zero-order valence-corrected chi connectivity index (χ0v) is 9.96. The van der Waals surface area contributed by atoms with Crippen LogP contribution in [0.1, 0.15) is 13.8 Å². The maximum Gasteiger partial charge on any atom is 0.232 e. The maximum absolute atomic E-state index is 11.1. The van der Waals surface area contributed by atoms with Crippen molar-refractivity contribution in [2.45, 2.75) is 18.9 Å². The first-order valence-electron chi connectivity index (χ1n) is 4.73. The lowest BCUT2D eigenvalue weighted by molar-refractivity contribution is -0.114. The normalized spacial score (nSPS) is 10.5. The molecule has 2 rings (SSSR count). The first-order chi connectivity index (χ1) is 8.06. The molecular formula is C9H9N5O2S. The average molecular weight is 251 g/mol. The average Bonchev–Trinajstić information content (AvgIpc) is 2.63. The highest BCUT2D eigenvalue weighted by Crippen LogP contribution is 2.24. The minimum atomic E-state index is -0.279. The van der Waals surface area contributed by atoms with Crippen molar-refractivity contribution in [3.8, 4) is 0 Å². The van der Waals surface area contributed by atoms with E-state index in [0.717, 1.165) is 11.8 Å². The quantitative estimate of drug-likeness (QED) is 0.608. The van der Waals surface area contributed by atoms with Crippen LogP contribution in [-0.4, -0.2) is 31.0 Å². The highest BCUT2D eigenvalue weighted by Gasteiger charge is 2.12. The Bertz CT molecular complexity index is 594. The van der Waals surface area contributed by atoms with Crippen molar-refractivity contribution < 1.29 is 9.59 Å². The van der Waals surface area contributed by atoms with Gasteiger partial charge in [-0.25, -0.2) is 9.97 Å². The van der Waals surface area contributed by atoms with Gasteiger partial charge in [-0.2, -0.15) is 4.98 Å². The van der Waals surface area contributed by atoms with Gasteiger partial charge in [-0.3, -0.25) is 14.9 Å². The molecule has 0 bridgehead atoms. The number of rotatable bonds is 2. The molecule has 0 aliphatic rings. The molecule has 8 heteroatoms. The molecule has 0 aromatic carbocycles. The first-order valence-corrected chi connectivity index (χ1v) is 5.55. The second-order valence-corrected chi connectivity index (χ2v) is 4.39.